The van der Waals surface area contributed by atoms with E-state index in [0.29, 0.717) is 6.42 Å². The van der Waals surface area contributed by atoms with E-state index in [1.54, 1.807) is 6.92 Å². The molecule has 0 aromatic rings. The first kappa shape index (κ1) is 9.43. The minimum atomic E-state index is -1.57. The van der Waals surface area contributed by atoms with Crippen LogP contribution in [0.1, 0.15) is 27.2 Å². The van der Waals surface area contributed by atoms with Crippen LogP contribution in [-0.2, 0) is 4.79 Å². The van der Waals surface area contributed by atoms with Gasteiger partial charge in [-0.2, -0.15) is 0 Å². The van der Waals surface area contributed by atoms with Gasteiger partial charge in [0.15, 0.2) is 5.60 Å². The van der Waals surface area contributed by atoms with Gasteiger partial charge < -0.3 is 10.2 Å². The van der Waals surface area contributed by atoms with E-state index in [1.165, 1.54) is 6.92 Å². The molecule has 0 spiro atoms. The van der Waals surface area contributed by atoms with Gasteiger partial charge in [0.1, 0.15) is 0 Å². The van der Waals surface area contributed by atoms with Crippen molar-refractivity contribution in [1.29, 1.82) is 0 Å². The van der Waals surface area contributed by atoms with E-state index in [2.05, 4.69) is 0 Å². The maximum atomic E-state index is 10.4. The van der Waals surface area contributed by atoms with Crippen molar-refractivity contribution in [2.24, 2.45) is 5.92 Å². The van der Waals surface area contributed by atoms with E-state index in [9.17, 15) is 9.90 Å². The van der Waals surface area contributed by atoms with Gasteiger partial charge >= 0.3 is 5.97 Å². The van der Waals surface area contributed by atoms with Gasteiger partial charge in [-0.1, -0.05) is 20.3 Å². The van der Waals surface area contributed by atoms with Crippen LogP contribution in [0.2, 0.25) is 0 Å². The normalized spacial score (nSPS) is 19.6. The van der Waals surface area contributed by atoms with Crippen molar-refractivity contribution in [3.63, 3.8) is 0 Å². The van der Waals surface area contributed by atoms with Crippen LogP contribution < -0.4 is 0 Å². The molecule has 0 aliphatic rings. The van der Waals surface area contributed by atoms with Crippen LogP contribution in [0.5, 0.6) is 0 Å². The van der Waals surface area contributed by atoms with Crippen LogP contribution in [0.3, 0.4) is 0 Å². The summed E-state index contributed by atoms with van der Waals surface area (Å²) in [4.78, 5) is 10.4. The van der Waals surface area contributed by atoms with E-state index < -0.39 is 11.6 Å². The number of hydrogen-bond acceptors (Lipinski definition) is 2. The van der Waals surface area contributed by atoms with E-state index in [0.717, 1.165) is 0 Å². The van der Waals surface area contributed by atoms with Crippen molar-refractivity contribution < 1.29 is 15.0 Å². The lowest BCUT2D eigenvalue weighted by atomic mass is 9.89. The van der Waals surface area contributed by atoms with Gasteiger partial charge in [-0.25, -0.2) is 4.79 Å². The Kier molecular flexibility index (Phi) is 2.84. The monoisotopic (exact) mass is 146 g/mol. The molecule has 0 aromatic carbocycles. The Bertz CT molecular complexity index is 129. The number of aliphatic hydroxyl groups is 1. The second-order valence-corrected chi connectivity index (χ2v) is 2.76. The maximum absolute atomic E-state index is 10.4. The summed E-state index contributed by atoms with van der Waals surface area (Å²) in [6.07, 6.45) is 0.666. The van der Waals surface area contributed by atoms with Gasteiger partial charge in [0, 0.05) is 0 Å². The van der Waals surface area contributed by atoms with Crippen molar-refractivity contribution in [2.45, 2.75) is 32.8 Å². The lowest BCUT2D eigenvalue weighted by Gasteiger charge is -2.24. The zero-order chi connectivity index (χ0) is 8.36. The van der Waals surface area contributed by atoms with Gasteiger partial charge in [-0.05, 0) is 12.8 Å². The van der Waals surface area contributed by atoms with Crippen molar-refractivity contribution in [1.82, 2.24) is 0 Å². The Hall–Kier alpha value is -0.570. The van der Waals surface area contributed by atoms with E-state index >= 15 is 0 Å². The largest absolute Gasteiger partial charge is 0.479 e. The van der Waals surface area contributed by atoms with Gasteiger partial charge in [0.05, 0.1) is 0 Å². The molecule has 0 aliphatic carbocycles. The summed E-state index contributed by atoms with van der Waals surface area (Å²) in [5.74, 6) is -1.35. The summed E-state index contributed by atoms with van der Waals surface area (Å²) in [7, 11) is 0. The molecule has 10 heavy (non-hydrogen) atoms. The summed E-state index contributed by atoms with van der Waals surface area (Å²) in [5.41, 5.74) is -1.57. The molecular weight excluding hydrogens is 132 g/mol. The molecule has 0 aromatic heterocycles. The number of hydrogen-bond donors (Lipinski definition) is 2. The van der Waals surface area contributed by atoms with Gasteiger partial charge in [-0.15, -0.1) is 0 Å². The Morgan fingerprint density at radius 2 is 2.10 bits per heavy atom. The van der Waals surface area contributed by atoms with Crippen molar-refractivity contribution in [3.05, 3.63) is 0 Å². The molecule has 3 nitrogen and oxygen atoms in total. The minimum Gasteiger partial charge on any atom is -0.479 e. The lowest BCUT2D eigenvalue weighted by molar-refractivity contribution is -0.161. The molecule has 3 heteroatoms. The highest BCUT2D eigenvalue weighted by Gasteiger charge is 2.34. The number of carboxylic acids is 1. The number of carboxylic acid groups (broad SMARTS) is 1. The maximum Gasteiger partial charge on any atom is 0.335 e. The Morgan fingerprint density at radius 1 is 1.70 bits per heavy atom. The Morgan fingerprint density at radius 3 is 2.20 bits per heavy atom. The van der Waals surface area contributed by atoms with Crippen LogP contribution in [-0.4, -0.2) is 21.8 Å². The molecule has 0 aliphatic heterocycles. The predicted molar refractivity (Wildman–Crippen MR) is 37.7 cm³/mol. The second-order valence-electron chi connectivity index (χ2n) is 2.76. The molecule has 0 radical (unpaired) electrons. The molecule has 0 rings (SSSR count). The Balaban J connectivity index is 4.23. The Labute approximate surface area is 60.7 Å². The number of carbonyl (C=O) groups is 1. The highest BCUT2D eigenvalue weighted by molar-refractivity contribution is 5.76. The number of rotatable bonds is 3. The molecule has 0 unspecified atom stereocenters. The fourth-order valence-electron chi connectivity index (χ4n) is 0.608. The van der Waals surface area contributed by atoms with Crippen molar-refractivity contribution in [2.75, 3.05) is 0 Å². The minimum absolute atomic E-state index is 0.204. The third-order valence-corrected chi connectivity index (χ3v) is 2.00. The molecule has 2 N–H and O–H groups in total. The molecule has 60 valence electrons. The molecular formula is C7H14O3. The average Bonchev–Trinajstić information content (AvgIpc) is 1.86. The quantitative estimate of drug-likeness (QED) is 0.621. The first-order valence-corrected chi connectivity index (χ1v) is 3.38. The summed E-state index contributed by atoms with van der Waals surface area (Å²) in [6, 6.07) is 0. The summed E-state index contributed by atoms with van der Waals surface area (Å²) >= 11 is 0. The summed E-state index contributed by atoms with van der Waals surface area (Å²) in [5, 5.41) is 17.8. The molecule has 0 fully saturated rings. The van der Waals surface area contributed by atoms with Crippen LogP contribution in [0.4, 0.5) is 0 Å². The topological polar surface area (TPSA) is 57.5 Å². The van der Waals surface area contributed by atoms with Crippen LogP contribution >= 0.6 is 0 Å². The predicted octanol–water partition coefficient (Wildman–Crippen LogP) is 0.868. The summed E-state index contributed by atoms with van der Waals surface area (Å²) in [6.45, 7) is 4.89. The van der Waals surface area contributed by atoms with E-state index in [-0.39, 0.29) is 5.92 Å². The smallest absolute Gasteiger partial charge is 0.335 e. The fraction of sp³-hybridized carbons (Fsp3) is 0.857. The highest BCUT2D eigenvalue weighted by atomic mass is 16.4. The third-order valence-electron chi connectivity index (χ3n) is 2.00. The van der Waals surface area contributed by atoms with Crippen LogP contribution in [0.25, 0.3) is 0 Å². The molecule has 0 saturated carbocycles. The molecule has 0 bridgehead atoms. The van der Waals surface area contributed by atoms with Crippen LogP contribution in [0, 0.1) is 5.92 Å². The molecule has 0 saturated heterocycles. The standard InChI is InChI=1S/C7H14O3/c1-4-5(2)7(3,10)6(8)9/h5,10H,4H2,1-3H3,(H,8,9)/t5-,7+/m0/s1. The molecule has 0 amide bonds. The van der Waals surface area contributed by atoms with Crippen LogP contribution in [0.15, 0.2) is 0 Å². The van der Waals surface area contributed by atoms with Gasteiger partial charge in [0.2, 0.25) is 0 Å². The molecule has 0 heterocycles. The fourth-order valence-corrected chi connectivity index (χ4v) is 0.608. The van der Waals surface area contributed by atoms with Gasteiger partial charge in [-0.3, -0.25) is 0 Å². The average molecular weight is 146 g/mol. The van der Waals surface area contributed by atoms with E-state index in [1.807, 2.05) is 6.92 Å². The van der Waals surface area contributed by atoms with Crippen molar-refractivity contribution in [3.8, 4) is 0 Å². The third kappa shape index (κ3) is 1.70. The highest BCUT2D eigenvalue weighted by Crippen LogP contribution is 2.19. The van der Waals surface area contributed by atoms with Gasteiger partial charge in [0.25, 0.3) is 0 Å². The first-order valence-electron chi connectivity index (χ1n) is 3.38. The summed E-state index contributed by atoms with van der Waals surface area (Å²) < 4.78 is 0. The lowest BCUT2D eigenvalue weighted by Crippen LogP contribution is -2.41. The molecule has 2 atom stereocenters. The second kappa shape index (κ2) is 3.01. The number of aliphatic carboxylic acids is 1. The SMILES string of the molecule is CC[C@H](C)[C@@](C)(O)C(=O)O. The first-order chi connectivity index (χ1) is 4.42. The van der Waals surface area contributed by atoms with E-state index in [4.69, 9.17) is 5.11 Å². The zero-order valence-electron chi connectivity index (χ0n) is 6.59. The zero-order valence-corrected chi connectivity index (χ0v) is 6.59. The van der Waals surface area contributed by atoms with Crippen molar-refractivity contribution >= 4 is 5.97 Å².